The van der Waals surface area contributed by atoms with Crippen LogP contribution in [0.3, 0.4) is 0 Å². The Balaban J connectivity index is 1.88. The number of hydrogen-bond donors (Lipinski definition) is 3. The van der Waals surface area contributed by atoms with Gasteiger partial charge < -0.3 is 15.5 Å². The van der Waals surface area contributed by atoms with Crippen LogP contribution in [0.1, 0.15) is 27.9 Å². The molecule has 8 nitrogen and oxygen atoms in total. The SMILES string of the molecule is CN1CCn2c(nc(C(=O)NCc3ccc(F)cc3)c(O)c2=O)C1CO. The predicted octanol–water partition coefficient (Wildman–Crippen LogP) is -0.00320. The van der Waals surface area contributed by atoms with Crippen molar-refractivity contribution < 1.29 is 19.4 Å². The van der Waals surface area contributed by atoms with Crippen molar-refractivity contribution >= 4 is 5.91 Å². The number of likely N-dealkylation sites (N-methyl/N-ethyl adjacent to an activating group) is 1. The van der Waals surface area contributed by atoms with E-state index in [1.165, 1.54) is 28.8 Å². The standard InChI is InChI=1S/C17H19FN4O4/c1-21-6-7-22-15(12(21)9-23)20-13(14(24)17(22)26)16(25)19-8-10-2-4-11(18)5-3-10/h2-5,12,23-24H,6-9H2,1H3,(H,19,25). The number of hydrogen-bond acceptors (Lipinski definition) is 6. The van der Waals surface area contributed by atoms with Crippen molar-refractivity contribution in [3.63, 3.8) is 0 Å². The van der Waals surface area contributed by atoms with Gasteiger partial charge in [0.2, 0.25) is 5.75 Å². The van der Waals surface area contributed by atoms with E-state index in [9.17, 15) is 24.2 Å². The molecule has 1 aromatic heterocycles. The monoisotopic (exact) mass is 362 g/mol. The zero-order valence-corrected chi connectivity index (χ0v) is 14.1. The second-order valence-electron chi connectivity index (χ2n) is 6.11. The molecule has 1 atom stereocenters. The van der Waals surface area contributed by atoms with E-state index in [2.05, 4.69) is 10.3 Å². The molecule has 9 heteroatoms. The normalized spacial score (nSPS) is 17.0. The first-order valence-electron chi connectivity index (χ1n) is 8.09. The van der Waals surface area contributed by atoms with Crippen LogP contribution in [0.5, 0.6) is 5.75 Å². The molecule has 3 N–H and O–H groups in total. The highest BCUT2D eigenvalue weighted by Gasteiger charge is 2.30. The fraction of sp³-hybridized carbons (Fsp3) is 0.353. The van der Waals surface area contributed by atoms with Crippen LogP contribution in [0.25, 0.3) is 0 Å². The van der Waals surface area contributed by atoms with Crippen LogP contribution in [0, 0.1) is 5.82 Å². The van der Waals surface area contributed by atoms with Crippen LogP contribution >= 0.6 is 0 Å². The van der Waals surface area contributed by atoms with Gasteiger partial charge in [0.15, 0.2) is 5.69 Å². The lowest BCUT2D eigenvalue weighted by Crippen LogP contribution is -2.44. The summed E-state index contributed by atoms with van der Waals surface area (Å²) in [4.78, 5) is 30.7. The number of amides is 1. The molecule has 26 heavy (non-hydrogen) atoms. The number of aliphatic hydroxyl groups is 1. The Hall–Kier alpha value is -2.78. The summed E-state index contributed by atoms with van der Waals surface area (Å²) in [6, 6.07) is 5.03. The number of halogens is 1. The molecule has 0 bridgehead atoms. The third kappa shape index (κ3) is 3.31. The molecule has 0 aliphatic carbocycles. The Morgan fingerprint density at radius 3 is 2.69 bits per heavy atom. The maximum Gasteiger partial charge on any atom is 0.296 e. The molecular formula is C17H19FN4O4. The third-order valence-corrected chi connectivity index (χ3v) is 4.44. The Morgan fingerprint density at radius 2 is 2.04 bits per heavy atom. The van der Waals surface area contributed by atoms with Crippen LogP contribution in [-0.4, -0.2) is 50.8 Å². The van der Waals surface area contributed by atoms with Crippen LogP contribution in [0.4, 0.5) is 4.39 Å². The highest BCUT2D eigenvalue weighted by molar-refractivity contribution is 5.94. The number of benzene rings is 1. The highest BCUT2D eigenvalue weighted by atomic mass is 19.1. The van der Waals surface area contributed by atoms with Crippen molar-refractivity contribution in [1.29, 1.82) is 0 Å². The molecule has 2 heterocycles. The number of rotatable bonds is 4. The van der Waals surface area contributed by atoms with Gasteiger partial charge in [0, 0.05) is 19.6 Å². The minimum absolute atomic E-state index is 0.0853. The number of aliphatic hydroxyl groups excluding tert-OH is 1. The first-order chi connectivity index (χ1) is 12.4. The van der Waals surface area contributed by atoms with Gasteiger partial charge in [-0.2, -0.15) is 0 Å². The van der Waals surface area contributed by atoms with Gasteiger partial charge in [-0.05, 0) is 24.7 Å². The van der Waals surface area contributed by atoms with E-state index < -0.39 is 29.0 Å². The second-order valence-corrected chi connectivity index (χ2v) is 6.11. The Kier molecular flexibility index (Phi) is 5.01. The second kappa shape index (κ2) is 7.22. The Morgan fingerprint density at radius 1 is 1.35 bits per heavy atom. The topological polar surface area (TPSA) is 108 Å². The van der Waals surface area contributed by atoms with Crippen molar-refractivity contribution in [3.05, 3.63) is 57.5 Å². The minimum Gasteiger partial charge on any atom is -0.501 e. The van der Waals surface area contributed by atoms with Crippen molar-refractivity contribution in [2.75, 3.05) is 20.2 Å². The molecule has 1 aliphatic heterocycles. The lowest BCUT2D eigenvalue weighted by Gasteiger charge is -2.33. The zero-order valence-electron chi connectivity index (χ0n) is 14.1. The largest absolute Gasteiger partial charge is 0.501 e. The molecule has 3 rings (SSSR count). The van der Waals surface area contributed by atoms with Crippen LogP contribution in [0.15, 0.2) is 29.1 Å². The summed E-state index contributed by atoms with van der Waals surface area (Å²) >= 11 is 0. The summed E-state index contributed by atoms with van der Waals surface area (Å²) < 4.78 is 14.2. The van der Waals surface area contributed by atoms with Crippen molar-refractivity contribution in [1.82, 2.24) is 19.8 Å². The predicted molar refractivity (Wildman–Crippen MR) is 90.2 cm³/mol. The smallest absolute Gasteiger partial charge is 0.296 e. The first kappa shape index (κ1) is 18.0. The molecular weight excluding hydrogens is 343 g/mol. The lowest BCUT2D eigenvalue weighted by atomic mass is 10.1. The number of fused-ring (bicyclic) bond motifs is 1. The summed E-state index contributed by atoms with van der Waals surface area (Å²) in [6.07, 6.45) is 0. The number of nitrogens with one attached hydrogen (secondary N) is 1. The average molecular weight is 362 g/mol. The van der Waals surface area contributed by atoms with Crippen molar-refractivity contribution in [2.45, 2.75) is 19.1 Å². The molecule has 2 aromatic rings. The van der Waals surface area contributed by atoms with E-state index in [0.717, 1.165) is 0 Å². The average Bonchev–Trinajstić information content (AvgIpc) is 2.63. The molecule has 1 amide bonds. The molecule has 0 radical (unpaired) electrons. The fourth-order valence-corrected chi connectivity index (χ4v) is 2.89. The quantitative estimate of drug-likeness (QED) is 0.707. The summed E-state index contributed by atoms with van der Waals surface area (Å²) in [5.74, 6) is -1.61. The van der Waals surface area contributed by atoms with Gasteiger partial charge in [0.05, 0.1) is 12.6 Å². The van der Waals surface area contributed by atoms with E-state index in [-0.39, 0.29) is 24.8 Å². The molecule has 1 aliphatic rings. The Labute approximate surface area is 148 Å². The van der Waals surface area contributed by atoms with Crippen LogP contribution < -0.4 is 10.9 Å². The molecule has 0 saturated heterocycles. The van der Waals surface area contributed by atoms with E-state index >= 15 is 0 Å². The fourth-order valence-electron chi connectivity index (χ4n) is 2.89. The Bertz CT molecular complexity index is 882. The number of carbonyl (C=O) groups is 1. The van der Waals surface area contributed by atoms with Gasteiger partial charge >= 0.3 is 0 Å². The minimum atomic E-state index is -0.730. The van der Waals surface area contributed by atoms with Gasteiger partial charge in [-0.1, -0.05) is 12.1 Å². The summed E-state index contributed by atoms with van der Waals surface area (Å²) in [5, 5.41) is 22.2. The lowest BCUT2D eigenvalue weighted by molar-refractivity contribution is 0.0929. The van der Waals surface area contributed by atoms with Crippen molar-refractivity contribution in [2.24, 2.45) is 0 Å². The van der Waals surface area contributed by atoms with Gasteiger partial charge in [0.25, 0.3) is 11.5 Å². The maximum atomic E-state index is 12.9. The third-order valence-electron chi connectivity index (χ3n) is 4.44. The molecule has 138 valence electrons. The maximum absolute atomic E-state index is 12.9. The van der Waals surface area contributed by atoms with Gasteiger partial charge in [0.1, 0.15) is 11.6 Å². The van der Waals surface area contributed by atoms with Crippen molar-refractivity contribution in [3.8, 4) is 5.75 Å². The molecule has 1 unspecified atom stereocenters. The molecule has 0 saturated carbocycles. The van der Waals surface area contributed by atoms with E-state index in [1.54, 1.807) is 7.05 Å². The van der Waals surface area contributed by atoms with Gasteiger partial charge in [-0.3, -0.25) is 19.1 Å². The van der Waals surface area contributed by atoms with E-state index in [0.29, 0.717) is 18.7 Å². The van der Waals surface area contributed by atoms with Gasteiger partial charge in [-0.15, -0.1) is 0 Å². The molecule has 1 aromatic carbocycles. The molecule has 0 fully saturated rings. The number of aromatic nitrogens is 2. The number of nitrogens with zero attached hydrogens (tertiary/aromatic N) is 3. The molecule has 0 spiro atoms. The van der Waals surface area contributed by atoms with Crippen LogP contribution in [0.2, 0.25) is 0 Å². The van der Waals surface area contributed by atoms with Crippen LogP contribution in [-0.2, 0) is 13.1 Å². The zero-order chi connectivity index (χ0) is 18.8. The first-order valence-corrected chi connectivity index (χ1v) is 8.09. The number of aromatic hydroxyl groups is 1. The van der Waals surface area contributed by atoms with Gasteiger partial charge in [-0.25, -0.2) is 9.37 Å². The highest BCUT2D eigenvalue weighted by Crippen LogP contribution is 2.23. The summed E-state index contributed by atoms with van der Waals surface area (Å²) in [6.45, 7) is 0.626. The van der Waals surface area contributed by atoms with E-state index in [4.69, 9.17) is 0 Å². The summed E-state index contributed by atoms with van der Waals surface area (Å²) in [7, 11) is 1.78. The summed E-state index contributed by atoms with van der Waals surface area (Å²) in [5.41, 5.74) is -0.451. The number of carbonyl (C=O) groups excluding carboxylic acids is 1. The van der Waals surface area contributed by atoms with E-state index in [1.807, 2.05) is 4.90 Å².